The molecule has 4 nitrogen and oxygen atoms in total. The maximum atomic E-state index is 11.1. The first-order valence-corrected chi connectivity index (χ1v) is 23.2. The molecule has 292 valence electrons. The van der Waals surface area contributed by atoms with E-state index >= 15 is 0 Å². The summed E-state index contributed by atoms with van der Waals surface area (Å²) in [6.07, 6.45) is 4.97. The normalized spacial score (nSPS) is 10.4. The summed E-state index contributed by atoms with van der Waals surface area (Å²) in [6.45, 7) is 3.94. The summed E-state index contributed by atoms with van der Waals surface area (Å²) in [5.74, 6) is -0.394. The minimum absolute atomic E-state index is 0. The van der Waals surface area contributed by atoms with Gasteiger partial charge in [0.15, 0.2) is 0 Å². The van der Waals surface area contributed by atoms with Crippen molar-refractivity contribution in [3.8, 4) is 0 Å². The van der Waals surface area contributed by atoms with Gasteiger partial charge in [0.2, 0.25) is 0 Å². The number of carbonyl (C=O) groups excluding carboxylic acids is 2. The standard InChI is InChI=1S/C24H26O2P.C18H15P.C6H11BrO2.BrH/c1-21(25)26-19-11-12-20-27(22-13-5-2-6-14-22,23-15-7-3-8-16-23)24-17-9-4-10-18-24;1-4-10-16(11-5-1)19(17-12-6-2-7-13-17)18-14-8-3-9-15-18;1-6(8)9-5-3-2-4-7;/h2-10,13-18H,11-12,19-20H2,1H3;1-15H;2-5H2,1H3;1H/q+1;;;/p-1. The molecular formula is C48H52Br2O4P2. The first-order chi connectivity index (χ1) is 27.0. The molecule has 56 heavy (non-hydrogen) atoms. The van der Waals surface area contributed by atoms with Crippen molar-refractivity contribution in [2.45, 2.75) is 39.5 Å². The molecule has 0 heterocycles. The van der Waals surface area contributed by atoms with Crippen LogP contribution < -0.4 is 48.8 Å². The summed E-state index contributed by atoms with van der Waals surface area (Å²) in [6, 6.07) is 64.9. The number of carbonyl (C=O) groups is 2. The SMILES string of the molecule is CC(=O)OCCCCBr.CC(=O)OCCCC[P+](c1ccccc1)(c1ccccc1)c1ccccc1.[Br-].c1ccc(P(c2ccccc2)c2ccccc2)cc1. The van der Waals surface area contributed by atoms with Crippen molar-refractivity contribution in [3.63, 3.8) is 0 Å². The van der Waals surface area contributed by atoms with Crippen molar-refractivity contribution in [1.82, 2.24) is 0 Å². The number of hydrogen-bond acceptors (Lipinski definition) is 4. The largest absolute Gasteiger partial charge is 1.00 e. The first-order valence-electron chi connectivity index (χ1n) is 18.8. The number of halogens is 2. The minimum atomic E-state index is -1.76. The number of benzene rings is 6. The van der Waals surface area contributed by atoms with Crippen LogP contribution in [0.15, 0.2) is 182 Å². The highest BCUT2D eigenvalue weighted by molar-refractivity contribution is 9.09. The lowest BCUT2D eigenvalue weighted by molar-refractivity contribution is -0.142. The molecule has 0 unspecified atom stereocenters. The zero-order valence-electron chi connectivity index (χ0n) is 32.3. The van der Waals surface area contributed by atoms with Gasteiger partial charge in [-0.05, 0) is 85.9 Å². The molecule has 0 spiro atoms. The molecule has 6 rings (SSSR count). The summed E-state index contributed by atoms with van der Waals surface area (Å²) in [5, 5.41) is 9.37. The third-order valence-electron chi connectivity index (χ3n) is 8.66. The highest BCUT2D eigenvalue weighted by atomic mass is 79.9. The van der Waals surface area contributed by atoms with Gasteiger partial charge in [0.25, 0.3) is 0 Å². The van der Waals surface area contributed by atoms with Crippen LogP contribution in [0.1, 0.15) is 39.5 Å². The Labute approximate surface area is 355 Å². The van der Waals surface area contributed by atoms with Crippen molar-refractivity contribution < 1.29 is 36.0 Å². The fourth-order valence-corrected chi connectivity index (χ4v) is 13.3. The molecule has 0 aliphatic heterocycles. The van der Waals surface area contributed by atoms with Gasteiger partial charge < -0.3 is 26.5 Å². The van der Waals surface area contributed by atoms with E-state index in [-0.39, 0.29) is 28.9 Å². The Morgan fingerprint density at radius 1 is 0.464 bits per heavy atom. The van der Waals surface area contributed by atoms with Crippen molar-refractivity contribution in [2.75, 3.05) is 24.7 Å². The van der Waals surface area contributed by atoms with Crippen LogP contribution in [0, 0.1) is 0 Å². The number of esters is 2. The Bertz CT molecular complexity index is 1730. The zero-order chi connectivity index (χ0) is 39.0. The third-order valence-corrected chi connectivity index (χ3v) is 16.2. The van der Waals surface area contributed by atoms with Gasteiger partial charge in [-0.1, -0.05) is 162 Å². The quantitative estimate of drug-likeness (QED) is 0.0512. The minimum Gasteiger partial charge on any atom is -1.00 e. The smallest absolute Gasteiger partial charge is 0.302 e. The number of rotatable bonds is 15. The fourth-order valence-electron chi connectivity index (χ4n) is 6.14. The predicted octanol–water partition coefficient (Wildman–Crippen LogP) is 6.50. The van der Waals surface area contributed by atoms with Crippen LogP contribution in [0.2, 0.25) is 0 Å². The summed E-state index contributed by atoms with van der Waals surface area (Å²) in [7, 11) is -2.20. The van der Waals surface area contributed by atoms with Crippen LogP contribution in [0.3, 0.4) is 0 Å². The Kier molecular flexibility index (Phi) is 22.3. The number of hydrogen-bond donors (Lipinski definition) is 0. The van der Waals surface area contributed by atoms with E-state index in [0.29, 0.717) is 13.2 Å². The Hall–Kier alpha value is -3.92. The van der Waals surface area contributed by atoms with E-state index in [2.05, 4.69) is 203 Å². The van der Waals surface area contributed by atoms with E-state index in [1.54, 1.807) is 0 Å². The summed E-state index contributed by atoms with van der Waals surface area (Å²) in [4.78, 5) is 21.2. The number of ether oxygens (including phenoxy) is 2. The van der Waals surface area contributed by atoms with Gasteiger partial charge >= 0.3 is 11.9 Å². The molecule has 0 saturated carbocycles. The molecule has 6 aromatic carbocycles. The van der Waals surface area contributed by atoms with Crippen LogP contribution in [-0.4, -0.2) is 36.6 Å². The maximum absolute atomic E-state index is 11.1. The summed E-state index contributed by atoms with van der Waals surface area (Å²) < 4.78 is 9.83. The molecule has 0 saturated heterocycles. The lowest BCUT2D eigenvalue weighted by Gasteiger charge is -2.27. The summed E-state index contributed by atoms with van der Waals surface area (Å²) >= 11 is 3.28. The van der Waals surface area contributed by atoms with Crippen molar-refractivity contribution in [1.29, 1.82) is 0 Å². The number of alkyl halides is 1. The van der Waals surface area contributed by atoms with E-state index < -0.39 is 15.2 Å². The number of unbranched alkanes of at least 4 members (excludes halogenated alkanes) is 2. The van der Waals surface area contributed by atoms with E-state index in [1.165, 1.54) is 45.7 Å². The Balaban J connectivity index is 0.000000252. The zero-order valence-corrected chi connectivity index (χ0v) is 37.2. The van der Waals surface area contributed by atoms with Gasteiger partial charge in [0.1, 0.15) is 23.2 Å². The van der Waals surface area contributed by atoms with Crippen LogP contribution in [0.25, 0.3) is 0 Å². The van der Waals surface area contributed by atoms with E-state index in [4.69, 9.17) is 4.74 Å². The topological polar surface area (TPSA) is 52.6 Å². The van der Waals surface area contributed by atoms with Crippen LogP contribution >= 0.6 is 31.1 Å². The van der Waals surface area contributed by atoms with Gasteiger partial charge in [-0.15, -0.1) is 0 Å². The molecule has 0 aliphatic rings. The molecule has 0 aliphatic carbocycles. The Morgan fingerprint density at radius 3 is 1.04 bits per heavy atom. The van der Waals surface area contributed by atoms with Gasteiger partial charge in [-0.3, -0.25) is 9.59 Å². The second-order valence-electron chi connectivity index (χ2n) is 12.7. The van der Waals surface area contributed by atoms with Crippen molar-refractivity contribution >= 4 is 74.9 Å². The lowest BCUT2D eigenvalue weighted by atomic mass is 10.3. The third kappa shape index (κ3) is 15.2. The van der Waals surface area contributed by atoms with Crippen molar-refractivity contribution in [2.24, 2.45) is 0 Å². The average Bonchev–Trinajstić information content (AvgIpc) is 3.24. The molecule has 0 atom stereocenters. The lowest BCUT2D eigenvalue weighted by Crippen LogP contribution is -3.00. The highest BCUT2D eigenvalue weighted by Crippen LogP contribution is 2.55. The monoisotopic (exact) mass is 912 g/mol. The van der Waals surface area contributed by atoms with E-state index in [0.717, 1.165) is 37.2 Å². The highest BCUT2D eigenvalue weighted by Gasteiger charge is 2.44. The van der Waals surface area contributed by atoms with Crippen LogP contribution in [0.5, 0.6) is 0 Å². The molecule has 0 aromatic heterocycles. The molecule has 0 radical (unpaired) electrons. The average molecular weight is 915 g/mol. The molecular weight excluding hydrogens is 862 g/mol. The Morgan fingerprint density at radius 2 is 0.750 bits per heavy atom. The van der Waals surface area contributed by atoms with Crippen LogP contribution in [-0.2, 0) is 19.1 Å². The second-order valence-corrected chi connectivity index (χ2v) is 19.3. The molecule has 0 fully saturated rings. The maximum Gasteiger partial charge on any atom is 0.302 e. The van der Waals surface area contributed by atoms with Crippen molar-refractivity contribution in [3.05, 3.63) is 182 Å². The second kappa shape index (κ2) is 26.8. The van der Waals surface area contributed by atoms with Gasteiger partial charge in [0, 0.05) is 19.2 Å². The van der Waals surface area contributed by atoms with Crippen LogP contribution in [0.4, 0.5) is 0 Å². The van der Waals surface area contributed by atoms with Gasteiger partial charge in [-0.25, -0.2) is 0 Å². The van der Waals surface area contributed by atoms with E-state index in [9.17, 15) is 9.59 Å². The predicted molar refractivity (Wildman–Crippen MR) is 241 cm³/mol. The molecule has 6 aromatic rings. The first kappa shape index (κ1) is 46.5. The molecule has 0 N–H and O–H groups in total. The molecule has 8 heteroatoms. The molecule has 0 bridgehead atoms. The van der Waals surface area contributed by atoms with Gasteiger partial charge in [0.05, 0.1) is 19.4 Å². The van der Waals surface area contributed by atoms with Gasteiger partial charge in [-0.2, -0.15) is 0 Å². The fraction of sp³-hybridized carbons (Fsp3) is 0.208. The van der Waals surface area contributed by atoms with E-state index in [1.807, 2.05) is 0 Å². The molecule has 0 amide bonds. The summed E-state index contributed by atoms with van der Waals surface area (Å²) in [5.41, 5.74) is 0.